The molecule has 1 aliphatic rings. The normalized spacial score (nSPS) is 21.1. The Bertz CT molecular complexity index is 493. The predicted molar refractivity (Wildman–Crippen MR) is 80.7 cm³/mol. The van der Waals surface area contributed by atoms with Gasteiger partial charge >= 0.3 is 0 Å². The van der Waals surface area contributed by atoms with Crippen molar-refractivity contribution in [3.05, 3.63) is 29.8 Å². The van der Waals surface area contributed by atoms with Crippen molar-refractivity contribution < 1.29 is 9.59 Å². The maximum Gasteiger partial charge on any atom is 0.250 e. The molecule has 0 saturated heterocycles. The van der Waals surface area contributed by atoms with Gasteiger partial charge in [-0.25, -0.2) is 0 Å². The zero-order valence-electron chi connectivity index (χ0n) is 11.2. The zero-order valence-corrected chi connectivity index (χ0v) is 12.0. The van der Waals surface area contributed by atoms with Crippen LogP contribution in [0.4, 0.5) is 5.69 Å². The van der Waals surface area contributed by atoms with Gasteiger partial charge in [-0.2, -0.15) is 0 Å². The average Bonchev–Trinajstić information content (AvgIpc) is 2.87. The largest absolute Gasteiger partial charge is 0.366 e. The van der Waals surface area contributed by atoms with E-state index in [1.807, 2.05) is 0 Å². The molecule has 6 heteroatoms. The van der Waals surface area contributed by atoms with Gasteiger partial charge in [0.1, 0.15) is 0 Å². The fourth-order valence-electron chi connectivity index (χ4n) is 2.70. The third-order valence-electron chi connectivity index (χ3n) is 3.75. The number of hydrogen-bond acceptors (Lipinski definition) is 3. The Kier molecular flexibility index (Phi) is 5.98. The van der Waals surface area contributed by atoms with Crippen molar-refractivity contribution in [1.29, 1.82) is 0 Å². The highest BCUT2D eigenvalue weighted by Crippen LogP contribution is 2.32. The van der Waals surface area contributed by atoms with Gasteiger partial charge in [-0.1, -0.05) is 18.6 Å². The number of carbonyl (C=O) groups is 2. The van der Waals surface area contributed by atoms with Gasteiger partial charge in [-0.3, -0.25) is 9.59 Å². The first-order valence-electron chi connectivity index (χ1n) is 6.53. The van der Waals surface area contributed by atoms with E-state index >= 15 is 0 Å². The van der Waals surface area contributed by atoms with Gasteiger partial charge in [0.25, 0.3) is 5.91 Å². The van der Waals surface area contributed by atoms with Gasteiger partial charge in [-0.05, 0) is 37.4 Å². The predicted octanol–water partition coefficient (Wildman–Crippen LogP) is 1.52. The molecule has 1 aromatic rings. The summed E-state index contributed by atoms with van der Waals surface area (Å²) < 4.78 is 0. The molecule has 0 bridgehead atoms. The maximum atomic E-state index is 12.2. The minimum absolute atomic E-state index is 0. The van der Waals surface area contributed by atoms with Crippen molar-refractivity contribution in [2.24, 2.45) is 23.3 Å². The number of benzene rings is 1. The summed E-state index contributed by atoms with van der Waals surface area (Å²) in [5.41, 5.74) is 11.8. The van der Waals surface area contributed by atoms with E-state index in [1.54, 1.807) is 24.3 Å². The van der Waals surface area contributed by atoms with Crippen molar-refractivity contribution in [2.45, 2.75) is 19.3 Å². The Morgan fingerprint density at radius 1 is 1.25 bits per heavy atom. The summed E-state index contributed by atoms with van der Waals surface area (Å²) in [7, 11) is 0. The molecule has 2 amide bonds. The highest BCUT2D eigenvalue weighted by molar-refractivity contribution is 6.03. The molecule has 0 aliphatic heterocycles. The van der Waals surface area contributed by atoms with Gasteiger partial charge in [0.15, 0.2) is 0 Å². The van der Waals surface area contributed by atoms with E-state index < -0.39 is 5.91 Å². The van der Waals surface area contributed by atoms with Crippen molar-refractivity contribution >= 4 is 29.9 Å². The number of anilines is 1. The molecule has 5 N–H and O–H groups in total. The second kappa shape index (κ2) is 7.26. The minimum atomic E-state index is -0.544. The monoisotopic (exact) mass is 297 g/mol. The zero-order chi connectivity index (χ0) is 13.8. The number of nitrogens with two attached hydrogens (primary N) is 2. The summed E-state index contributed by atoms with van der Waals surface area (Å²) in [6, 6.07) is 6.77. The summed E-state index contributed by atoms with van der Waals surface area (Å²) in [6.45, 7) is 0.523. The third-order valence-corrected chi connectivity index (χ3v) is 3.75. The summed E-state index contributed by atoms with van der Waals surface area (Å²) >= 11 is 0. The molecule has 1 saturated carbocycles. The van der Waals surface area contributed by atoms with Gasteiger partial charge in [-0.15, -0.1) is 12.4 Å². The first-order chi connectivity index (χ1) is 9.13. The van der Waals surface area contributed by atoms with Gasteiger partial charge in [0.05, 0.1) is 11.3 Å². The van der Waals surface area contributed by atoms with E-state index in [0.29, 0.717) is 17.8 Å². The topological polar surface area (TPSA) is 98.2 Å². The molecular formula is C14H20ClN3O2. The number of amides is 2. The Hall–Kier alpha value is -1.59. The van der Waals surface area contributed by atoms with Gasteiger partial charge < -0.3 is 16.8 Å². The fraction of sp³-hybridized carbons (Fsp3) is 0.429. The van der Waals surface area contributed by atoms with Crippen molar-refractivity contribution in [3.8, 4) is 0 Å². The number of primary amides is 1. The highest BCUT2D eigenvalue weighted by Gasteiger charge is 2.32. The van der Waals surface area contributed by atoms with Crippen LogP contribution in [0.5, 0.6) is 0 Å². The van der Waals surface area contributed by atoms with Gasteiger partial charge in [0, 0.05) is 5.92 Å². The first kappa shape index (κ1) is 16.5. The highest BCUT2D eigenvalue weighted by atomic mass is 35.5. The number of nitrogens with one attached hydrogen (secondary N) is 1. The molecule has 110 valence electrons. The van der Waals surface area contributed by atoms with Gasteiger partial charge in [0.2, 0.25) is 5.91 Å². The number of rotatable bonds is 4. The first-order valence-corrected chi connectivity index (χ1v) is 6.53. The van der Waals surface area contributed by atoms with E-state index in [-0.39, 0.29) is 30.2 Å². The number of carbonyl (C=O) groups excluding carboxylic acids is 2. The molecule has 0 radical (unpaired) electrons. The standard InChI is InChI=1S/C14H19N3O2.ClH/c15-8-9-4-3-6-10(9)14(19)17-12-7-2-1-5-11(12)13(16)18;/h1-2,5,7,9-10H,3-4,6,8,15H2,(H2,16,18)(H,17,19);1H/t9-,10-;/m1./s1. The lowest BCUT2D eigenvalue weighted by Crippen LogP contribution is -2.30. The molecule has 0 aromatic heterocycles. The van der Waals surface area contributed by atoms with Crippen molar-refractivity contribution in [1.82, 2.24) is 0 Å². The number of hydrogen-bond donors (Lipinski definition) is 3. The summed E-state index contributed by atoms with van der Waals surface area (Å²) in [4.78, 5) is 23.5. The quantitative estimate of drug-likeness (QED) is 0.786. The SMILES string of the molecule is Cl.NC[C@H]1CCC[C@H]1C(=O)Nc1ccccc1C(N)=O. The van der Waals surface area contributed by atoms with Crippen molar-refractivity contribution in [3.63, 3.8) is 0 Å². The second-order valence-corrected chi connectivity index (χ2v) is 4.93. The van der Waals surface area contributed by atoms with E-state index in [0.717, 1.165) is 19.3 Å². The van der Waals surface area contributed by atoms with Crippen LogP contribution in [0.25, 0.3) is 0 Å². The molecule has 20 heavy (non-hydrogen) atoms. The van der Waals surface area contributed by atoms with Crippen LogP contribution in [0.1, 0.15) is 29.6 Å². The molecule has 2 rings (SSSR count). The lowest BCUT2D eigenvalue weighted by atomic mass is 9.95. The van der Waals surface area contributed by atoms with Crippen LogP contribution in [0.2, 0.25) is 0 Å². The molecule has 2 atom stereocenters. The fourth-order valence-corrected chi connectivity index (χ4v) is 2.70. The smallest absolute Gasteiger partial charge is 0.250 e. The van der Waals surface area contributed by atoms with Crippen LogP contribution in [-0.2, 0) is 4.79 Å². The van der Waals surface area contributed by atoms with E-state index in [9.17, 15) is 9.59 Å². The second-order valence-electron chi connectivity index (χ2n) is 4.93. The number of halogens is 1. The summed E-state index contributed by atoms with van der Waals surface area (Å²) in [5.74, 6) is -0.439. The molecule has 1 fully saturated rings. The molecule has 1 aromatic carbocycles. The van der Waals surface area contributed by atoms with E-state index in [2.05, 4.69) is 5.32 Å². The molecular weight excluding hydrogens is 278 g/mol. The van der Waals surface area contributed by atoms with Crippen LogP contribution >= 0.6 is 12.4 Å². The Balaban J connectivity index is 0.00000200. The van der Waals surface area contributed by atoms with E-state index in [1.165, 1.54) is 0 Å². The Morgan fingerprint density at radius 3 is 2.60 bits per heavy atom. The summed E-state index contributed by atoms with van der Waals surface area (Å²) in [5, 5.41) is 2.80. The molecule has 5 nitrogen and oxygen atoms in total. The number of para-hydroxylation sites is 1. The lowest BCUT2D eigenvalue weighted by molar-refractivity contribution is -0.120. The summed E-state index contributed by atoms with van der Waals surface area (Å²) in [6.07, 6.45) is 2.87. The molecule has 0 unspecified atom stereocenters. The third kappa shape index (κ3) is 3.49. The Labute approximate surface area is 124 Å². The van der Waals surface area contributed by atoms with Crippen LogP contribution in [-0.4, -0.2) is 18.4 Å². The van der Waals surface area contributed by atoms with Crippen LogP contribution in [0.15, 0.2) is 24.3 Å². The Morgan fingerprint density at radius 2 is 1.95 bits per heavy atom. The van der Waals surface area contributed by atoms with Crippen LogP contribution in [0.3, 0.4) is 0 Å². The average molecular weight is 298 g/mol. The minimum Gasteiger partial charge on any atom is -0.366 e. The molecule has 1 aliphatic carbocycles. The van der Waals surface area contributed by atoms with Crippen molar-refractivity contribution in [2.75, 3.05) is 11.9 Å². The molecule has 0 heterocycles. The van der Waals surface area contributed by atoms with Crippen LogP contribution < -0.4 is 16.8 Å². The van der Waals surface area contributed by atoms with E-state index in [4.69, 9.17) is 11.5 Å². The maximum absolute atomic E-state index is 12.2. The van der Waals surface area contributed by atoms with Crippen LogP contribution in [0, 0.1) is 11.8 Å². The molecule has 0 spiro atoms. The lowest BCUT2D eigenvalue weighted by Gasteiger charge is -2.18.